The summed E-state index contributed by atoms with van der Waals surface area (Å²) in [5, 5.41) is 13.7. The van der Waals surface area contributed by atoms with E-state index in [2.05, 4.69) is 5.16 Å². The number of aliphatic hydroxyl groups excluding tert-OH is 1. The lowest BCUT2D eigenvalue weighted by atomic mass is 10.2. The van der Waals surface area contributed by atoms with E-state index in [-0.39, 0.29) is 13.2 Å². The van der Waals surface area contributed by atoms with E-state index >= 15 is 0 Å². The van der Waals surface area contributed by atoms with E-state index in [1.807, 2.05) is 0 Å². The number of methoxy groups -OCH3 is 2. The Morgan fingerprint density at radius 3 is 2.71 bits per heavy atom. The van der Waals surface area contributed by atoms with Gasteiger partial charge in [-0.2, -0.15) is 0 Å². The van der Waals surface area contributed by atoms with Gasteiger partial charge in [0, 0.05) is 29.8 Å². The molecule has 0 amide bonds. The number of halogens is 1. The third kappa shape index (κ3) is 3.87. The number of aliphatic hydroxyl groups is 1. The van der Waals surface area contributed by atoms with Crippen molar-refractivity contribution in [2.75, 3.05) is 14.2 Å². The highest BCUT2D eigenvalue weighted by atomic mass is 35.5. The average Bonchev–Trinajstić information content (AvgIpc) is 2.93. The molecule has 7 heteroatoms. The van der Waals surface area contributed by atoms with Crippen LogP contribution in [0.15, 0.2) is 22.7 Å². The first-order chi connectivity index (χ1) is 10.2. The predicted molar refractivity (Wildman–Crippen MR) is 75.5 cm³/mol. The fourth-order valence-corrected chi connectivity index (χ4v) is 2.07. The first-order valence-corrected chi connectivity index (χ1v) is 6.59. The predicted octanol–water partition coefficient (Wildman–Crippen LogP) is 2.55. The van der Waals surface area contributed by atoms with Crippen LogP contribution in [0.2, 0.25) is 5.02 Å². The number of aromatic nitrogens is 1. The second-order valence-electron chi connectivity index (χ2n) is 4.26. The molecule has 114 valence electrons. The normalized spacial score (nSPS) is 10.7. The van der Waals surface area contributed by atoms with Crippen LogP contribution in [0.3, 0.4) is 0 Å². The fraction of sp³-hybridized carbons (Fsp3) is 0.357. The van der Waals surface area contributed by atoms with Gasteiger partial charge in [0.05, 0.1) is 13.7 Å². The quantitative estimate of drug-likeness (QED) is 0.847. The number of benzene rings is 1. The van der Waals surface area contributed by atoms with Crippen LogP contribution in [-0.4, -0.2) is 24.5 Å². The van der Waals surface area contributed by atoms with Crippen molar-refractivity contribution in [2.24, 2.45) is 0 Å². The molecule has 1 aromatic heterocycles. The molecule has 2 aromatic rings. The van der Waals surface area contributed by atoms with Gasteiger partial charge in [-0.3, -0.25) is 0 Å². The minimum Gasteiger partial charge on any atom is -0.493 e. The van der Waals surface area contributed by atoms with Crippen LogP contribution in [0.25, 0.3) is 0 Å². The zero-order chi connectivity index (χ0) is 15.2. The Kier molecular flexibility index (Phi) is 5.44. The van der Waals surface area contributed by atoms with Gasteiger partial charge < -0.3 is 23.8 Å². The molecule has 0 saturated heterocycles. The monoisotopic (exact) mass is 313 g/mol. The molecule has 1 aromatic carbocycles. The van der Waals surface area contributed by atoms with Gasteiger partial charge in [0.2, 0.25) is 0 Å². The zero-order valence-electron chi connectivity index (χ0n) is 11.8. The summed E-state index contributed by atoms with van der Waals surface area (Å²) in [6.07, 6.45) is 0. The summed E-state index contributed by atoms with van der Waals surface area (Å²) in [5.41, 5.74) is 1.16. The van der Waals surface area contributed by atoms with Crippen molar-refractivity contribution in [3.05, 3.63) is 40.2 Å². The molecule has 0 aliphatic carbocycles. The lowest BCUT2D eigenvalue weighted by Crippen LogP contribution is -2.01. The molecule has 0 saturated carbocycles. The minimum atomic E-state index is -0.208. The van der Waals surface area contributed by atoms with Gasteiger partial charge in [-0.25, -0.2) is 0 Å². The summed E-state index contributed by atoms with van der Waals surface area (Å²) < 4.78 is 20.9. The Hall–Kier alpha value is -1.76. The maximum atomic E-state index is 9.39. The molecule has 6 nitrogen and oxygen atoms in total. The minimum absolute atomic E-state index is 0.179. The van der Waals surface area contributed by atoms with Crippen LogP contribution >= 0.6 is 11.6 Å². The molecule has 0 unspecified atom stereocenters. The Bertz CT molecular complexity index is 574. The number of hydrogen-bond donors (Lipinski definition) is 1. The third-order valence-corrected chi connectivity index (χ3v) is 2.96. The molecule has 0 aliphatic heterocycles. The lowest BCUT2D eigenvalue weighted by Gasteiger charge is -2.13. The highest BCUT2D eigenvalue weighted by Gasteiger charge is 2.14. The standard InChI is InChI=1S/C14H16ClNO5/c1-18-8-12-5-11(16-21-12)7-20-14-9(6-17)3-10(15)4-13(14)19-2/h3-5,17H,6-8H2,1-2H3. The van der Waals surface area contributed by atoms with Crippen molar-refractivity contribution in [2.45, 2.75) is 19.8 Å². The molecule has 0 radical (unpaired) electrons. The summed E-state index contributed by atoms with van der Waals surface area (Å²) in [4.78, 5) is 0. The molecule has 2 rings (SSSR count). The summed E-state index contributed by atoms with van der Waals surface area (Å²) in [6, 6.07) is 4.98. The molecular weight excluding hydrogens is 298 g/mol. The van der Waals surface area contributed by atoms with Gasteiger partial charge in [-0.15, -0.1) is 0 Å². The Labute approximate surface area is 127 Å². The first-order valence-electron chi connectivity index (χ1n) is 6.21. The fourth-order valence-electron chi connectivity index (χ4n) is 1.84. The Morgan fingerprint density at radius 2 is 2.05 bits per heavy atom. The smallest absolute Gasteiger partial charge is 0.167 e. The molecule has 0 fully saturated rings. The number of nitrogens with zero attached hydrogens (tertiary/aromatic N) is 1. The van der Waals surface area contributed by atoms with E-state index in [1.54, 1.807) is 25.3 Å². The summed E-state index contributed by atoms with van der Waals surface area (Å²) >= 11 is 5.95. The van der Waals surface area contributed by atoms with Crippen molar-refractivity contribution in [1.29, 1.82) is 0 Å². The van der Waals surface area contributed by atoms with E-state index in [0.717, 1.165) is 0 Å². The maximum Gasteiger partial charge on any atom is 0.167 e. The molecular formula is C14H16ClNO5. The molecule has 0 aliphatic rings. The van der Waals surface area contributed by atoms with Gasteiger partial charge >= 0.3 is 0 Å². The average molecular weight is 314 g/mol. The van der Waals surface area contributed by atoms with E-state index < -0.39 is 0 Å². The van der Waals surface area contributed by atoms with E-state index in [9.17, 15) is 5.11 Å². The van der Waals surface area contributed by atoms with Gasteiger partial charge in [0.25, 0.3) is 0 Å². The number of rotatable bonds is 7. The van der Waals surface area contributed by atoms with Gasteiger partial charge in [-0.1, -0.05) is 16.8 Å². The lowest BCUT2D eigenvalue weighted by molar-refractivity contribution is 0.155. The van der Waals surface area contributed by atoms with Crippen molar-refractivity contribution < 1.29 is 23.8 Å². The van der Waals surface area contributed by atoms with Crippen molar-refractivity contribution in [3.8, 4) is 11.5 Å². The second kappa shape index (κ2) is 7.31. The van der Waals surface area contributed by atoms with Crippen LogP contribution in [0.1, 0.15) is 17.0 Å². The van der Waals surface area contributed by atoms with E-state index in [0.29, 0.717) is 40.1 Å². The molecule has 0 spiro atoms. The van der Waals surface area contributed by atoms with E-state index in [1.165, 1.54) is 7.11 Å². The molecule has 0 atom stereocenters. The van der Waals surface area contributed by atoms with Crippen molar-refractivity contribution in [3.63, 3.8) is 0 Å². The summed E-state index contributed by atoms with van der Waals surface area (Å²) in [6.45, 7) is 0.317. The number of hydrogen-bond acceptors (Lipinski definition) is 6. The zero-order valence-corrected chi connectivity index (χ0v) is 12.5. The van der Waals surface area contributed by atoms with E-state index in [4.69, 9.17) is 30.3 Å². The summed E-state index contributed by atoms with van der Waals surface area (Å²) in [7, 11) is 3.08. The van der Waals surface area contributed by atoms with Crippen LogP contribution in [-0.2, 0) is 24.6 Å². The van der Waals surface area contributed by atoms with Crippen LogP contribution in [0, 0.1) is 0 Å². The van der Waals surface area contributed by atoms with Gasteiger partial charge in [0.15, 0.2) is 17.3 Å². The maximum absolute atomic E-state index is 9.39. The van der Waals surface area contributed by atoms with Crippen LogP contribution < -0.4 is 9.47 Å². The Balaban J connectivity index is 2.14. The van der Waals surface area contributed by atoms with Crippen molar-refractivity contribution >= 4 is 11.6 Å². The van der Waals surface area contributed by atoms with Gasteiger partial charge in [-0.05, 0) is 6.07 Å². The van der Waals surface area contributed by atoms with Crippen LogP contribution in [0.5, 0.6) is 11.5 Å². The molecule has 0 bridgehead atoms. The molecule has 1 heterocycles. The second-order valence-corrected chi connectivity index (χ2v) is 4.70. The SMILES string of the molecule is COCc1cc(COc2c(CO)cc(Cl)cc2OC)no1. The largest absolute Gasteiger partial charge is 0.493 e. The first kappa shape index (κ1) is 15.6. The van der Waals surface area contributed by atoms with Crippen LogP contribution in [0.4, 0.5) is 0 Å². The third-order valence-electron chi connectivity index (χ3n) is 2.75. The highest BCUT2D eigenvalue weighted by Crippen LogP contribution is 2.35. The Morgan fingerprint density at radius 1 is 1.24 bits per heavy atom. The summed E-state index contributed by atoms with van der Waals surface area (Å²) in [5.74, 6) is 1.49. The molecule has 1 N–H and O–H groups in total. The topological polar surface area (TPSA) is 74.0 Å². The highest BCUT2D eigenvalue weighted by molar-refractivity contribution is 6.30. The number of ether oxygens (including phenoxy) is 3. The van der Waals surface area contributed by atoms with Crippen molar-refractivity contribution in [1.82, 2.24) is 5.16 Å². The van der Waals surface area contributed by atoms with Gasteiger partial charge in [0.1, 0.15) is 18.9 Å². The molecule has 21 heavy (non-hydrogen) atoms.